The number of phenols is 1. The molecule has 0 bridgehead atoms. The minimum Gasteiger partial charge on any atom is -0.506 e. The fraction of sp³-hybridized carbons (Fsp3) is 0.333. The van der Waals surface area contributed by atoms with Crippen molar-refractivity contribution in [1.82, 2.24) is 14.3 Å². The third kappa shape index (κ3) is 2.66. The molecule has 2 aromatic rings. The van der Waals surface area contributed by atoms with Crippen molar-refractivity contribution in [2.45, 2.75) is 19.9 Å². The Hall–Kier alpha value is -1.53. The molecule has 0 aliphatic rings. The van der Waals surface area contributed by atoms with Crippen molar-refractivity contribution in [3.05, 3.63) is 38.5 Å². The van der Waals surface area contributed by atoms with Crippen LogP contribution in [-0.4, -0.2) is 26.1 Å². The molecule has 1 heterocycles. The topological polar surface area (TPSA) is 60.0 Å². The third-order valence-corrected chi connectivity index (χ3v) is 3.41. The first-order chi connectivity index (χ1) is 9.45. The number of benzene rings is 1. The van der Waals surface area contributed by atoms with Crippen molar-refractivity contribution in [3.8, 4) is 11.4 Å². The maximum absolute atomic E-state index is 12.2. The summed E-state index contributed by atoms with van der Waals surface area (Å²) in [6.07, 6.45) is 0.228. The SMILES string of the molecule is Cc1nn(-c2cc(O)c(Cl)cc2Cl)c(=O)n1CCCF. The molecule has 108 valence electrons. The Morgan fingerprint density at radius 3 is 2.70 bits per heavy atom. The van der Waals surface area contributed by atoms with Crippen molar-refractivity contribution < 1.29 is 9.50 Å². The number of phenolic OH excluding ortho intramolecular Hbond substituents is 1. The zero-order valence-electron chi connectivity index (χ0n) is 10.6. The third-order valence-electron chi connectivity index (χ3n) is 2.81. The summed E-state index contributed by atoms with van der Waals surface area (Å²) in [5.41, 5.74) is -0.222. The van der Waals surface area contributed by atoms with E-state index in [-0.39, 0.29) is 34.4 Å². The molecular formula is C12H12Cl2FN3O2. The summed E-state index contributed by atoms with van der Waals surface area (Å²) in [5, 5.41) is 13.9. The molecule has 0 fully saturated rings. The lowest BCUT2D eigenvalue weighted by Crippen LogP contribution is -2.24. The summed E-state index contributed by atoms with van der Waals surface area (Å²) in [4.78, 5) is 12.2. The van der Waals surface area contributed by atoms with Gasteiger partial charge < -0.3 is 5.11 Å². The van der Waals surface area contributed by atoms with Gasteiger partial charge in [-0.2, -0.15) is 9.78 Å². The number of aryl methyl sites for hydroxylation is 1. The van der Waals surface area contributed by atoms with Gasteiger partial charge in [0.15, 0.2) is 0 Å². The zero-order chi connectivity index (χ0) is 14.9. The molecule has 1 N–H and O–H groups in total. The fourth-order valence-electron chi connectivity index (χ4n) is 1.82. The molecule has 1 aromatic carbocycles. The van der Waals surface area contributed by atoms with E-state index in [1.165, 1.54) is 16.7 Å². The lowest BCUT2D eigenvalue weighted by molar-refractivity contribution is 0.441. The Balaban J connectivity index is 2.54. The summed E-state index contributed by atoms with van der Waals surface area (Å²) in [6.45, 7) is 1.36. The highest BCUT2D eigenvalue weighted by Gasteiger charge is 2.15. The minimum atomic E-state index is -0.514. The van der Waals surface area contributed by atoms with Crippen LogP contribution in [0.1, 0.15) is 12.2 Å². The Bertz CT molecular complexity index is 697. The summed E-state index contributed by atoms with van der Waals surface area (Å²) in [5.74, 6) is 0.239. The predicted molar refractivity (Wildman–Crippen MR) is 74.8 cm³/mol. The number of halogens is 3. The van der Waals surface area contributed by atoms with Gasteiger partial charge >= 0.3 is 5.69 Å². The molecule has 1 aromatic heterocycles. The van der Waals surface area contributed by atoms with Crippen molar-refractivity contribution in [2.75, 3.05) is 6.67 Å². The fourth-order valence-corrected chi connectivity index (χ4v) is 2.28. The van der Waals surface area contributed by atoms with E-state index in [1.807, 2.05) is 0 Å². The minimum absolute atomic E-state index is 0.0837. The number of aromatic hydroxyl groups is 1. The number of aromatic nitrogens is 3. The molecule has 5 nitrogen and oxygen atoms in total. The van der Waals surface area contributed by atoms with Crippen LogP contribution in [0.3, 0.4) is 0 Å². The quantitative estimate of drug-likeness (QED) is 0.942. The van der Waals surface area contributed by atoms with E-state index in [2.05, 4.69) is 5.10 Å². The summed E-state index contributed by atoms with van der Waals surface area (Å²) >= 11 is 11.7. The van der Waals surface area contributed by atoms with Gasteiger partial charge in [0.05, 0.1) is 22.4 Å². The first kappa shape index (κ1) is 14.9. The van der Waals surface area contributed by atoms with Crippen LogP contribution < -0.4 is 5.69 Å². The normalized spacial score (nSPS) is 11.0. The molecule has 0 saturated heterocycles. The maximum Gasteiger partial charge on any atom is 0.350 e. The van der Waals surface area contributed by atoms with Crippen LogP contribution in [0, 0.1) is 6.92 Å². The molecule has 0 spiro atoms. The number of hydrogen-bond donors (Lipinski definition) is 1. The van der Waals surface area contributed by atoms with Gasteiger partial charge in [0, 0.05) is 12.6 Å². The van der Waals surface area contributed by atoms with Crippen LogP contribution in [0.2, 0.25) is 10.0 Å². The van der Waals surface area contributed by atoms with Gasteiger partial charge in [-0.1, -0.05) is 23.2 Å². The highest BCUT2D eigenvalue weighted by atomic mass is 35.5. The van der Waals surface area contributed by atoms with Crippen LogP contribution in [-0.2, 0) is 6.54 Å². The van der Waals surface area contributed by atoms with Crippen LogP contribution >= 0.6 is 23.2 Å². The molecule has 0 amide bonds. The number of rotatable bonds is 4. The van der Waals surface area contributed by atoms with Gasteiger partial charge in [0.25, 0.3) is 0 Å². The van der Waals surface area contributed by atoms with Crippen LogP contribution in [0.15, 0.2) is 16.9 Å². The molecule has 20 heavy (non-hydrogen) atoms. The van der Waals surface area contributed by atoms with E-state index in [1.54, 1.807) is 6.92 Å². The molecule has 2 rings (SSSR count). The molecular weight excluding hydrogens is 308 g/mol. The van der Waals surface area contributed by atoms with Crippen molar-refractivity contribution in [2.24, 2.45) is 0 Å². The smallest absolute Gasteiger partial charge is 0.350 e. The van der Waals surface area contributed by atoms with Gasteiger partial charge in [-0.25, -0.2) is 4.79 Å². The van der Waals surface area contributed by atoms with E-state index in [4.69, 9.17) is 23.2 Å². The molecule has 0 unspecified atom stereocenters. The Labute approximate surface area is 124 Å². The summed E-state index contributed by atoms with van der Waals surface area (Å²) < 4.78 is 14.6. The predicted octanol–water partition coefficient (Wildman–Crippen LogP) is 2.71. The van der Waals surface area contributed by atoms with Gasteiger partial charge in [0.2, 0.25) is 0 Å². The van der Waals surface area contributed by atoms with Crippen LogP contribution in [0.5, 0.6) is 5.75 Å². The molecule has 0 saturated carbocycles. The highest BCUT2D eigenvalue weighted by Crippen LogP contribution is 2.31. The first-order valence-electron chi connectivity index (χ1n) is 5.86. The molecule has 0 aliphatic heterocycles. The van der Waals surface area contributed by atoms with Gasteiger partial charge in [-0.05, 0) is 19.4 Å². The van der Waals surface area contributed by atoms with Crippen LogP contribution in [0.25, 0.3) is 5.69 Å². The first-order valence-corrected chi connectivity index (χ1v) is 6.62. The average Bonchev–Trinajstić information content (AvgIpc) is 2.67. The van der Waals surface area contributed by atoms with Gasteiger partial charge in [-0.15, -0.1) is 0 Å². The van der Waals surface area contributed by atoms with E-state index >= 15 is 0 Å². The van der Waals surface area contributed by atoms with Gasteiger partial charge in [-0.3, -0.25) is 8.96 Å². The van der Waals surface area contributed by atoms with Crippen molar-refractivity contribution >= 4 is 23.2 Å². The largest absolute Gasteiger partial charge is 0.506 e. The van der Waals surface area contributed by atoms with Crippen LogP contribution in [0.4, 0.5) is 4.39 Å². The second-order valence-corrected chi connectivity index (χ2v) is 5.01. The second kappa shape index (κ2) is 5.85. The Kier molecular flexibility index (Phi) is 4.35. The van der Waals surface area contributed by atoms with Crippen molar-refractivity contribution in [3.63, 3.8) is 0 Å². The molecule has 0 radical (unpaired) electrons. The molecule has 0 atom stereocenters. The van der Waals surface area contributed by atoms with Crippen molar-refractivity contribution in [1.29, 1.82) is 0 Å². The van der Waals surface area contributed by atoms with E-state index in [0.717, 1.165) is 4.68 Å². The molecule has 0 aliphatic carbocycles. The number of nitrogens with zero attached hydrogens (tertiary/aromatic N) is 3. The zero-order valence-corrected chi connectivity index (χ0v) is 12.1. The Morgan fingerprint density at radius 2 is 2.05 bits per heavy atom. The maximum atomic E-state index is 12.2. The molecule has 8 heteroatoms. The highest BCUT2D eigenvalue weighted by molar-refractivity contribution is 6.36. The number of hydrogen-bond acceptors (Lipinski definition) is 3. The standard InChI is InChI=1S/C12H12Cl2FN3O2/c1-7-16-18(12(20)17(7)4-2-3-15)10-6-11(19)9(14)5-8(10)13/h5-6,19H,2-4H2,1H3. The number of alkyl halides is 1. The van der Waals surface area contributed by atoms with Gasteiger partial charge in [0.1, 0.15) is 11.6 Å². The summed E-state index contributed by atoms with van der Waals surface area (Å²) in [6, 6.07) is 2.59. The second-order valence-electron chi connectivity index (χ2n) is 4.19. The van der Waals surface area contributed by atoms with E-state index < -0.39 is 12.4 Å². The summed E-state index contributed by atoms with van der Waals surface area (Å²) in [7, 11) is 0. The van der Waals surface area contributed by atoms with E-state index in [9.17, 15) is 14.3 Å². The lowest BCUT2D eigenvalue weighted by atomic mass is 10.3. The Morgan fingerprint density at radius 1 is 1.35 bits per heavy atom. The average molecular weight is 320 g/mol. The monoisotopic (exact) mass is 319 g/mol. The lowest BCUT2D eigenvalue weighted by Gasteiger charge is -2.05. The van der Waals surface area contributed by atoms with E-state index in [0.29, 0.717) is 5.82 Å².